The molecule has 3 atom stereocenters. The van der Waals surface area contributed by atoms with Gasteiger partial charge in [-0.25, -0.2) is 4.98 Å². The van der Waals surface area contributed by atoms with Gasteiger partial charge in [0.05, 0.1) is 11.7 Å². The molecular formula is C20H26N4O2S. The Bertz CT molecular complexity index is 949. The zero-order chi connectivity index (χ0) is 18.5. The monoisotopic (exact) mass is 386 g/mol. The zero-order valence-electron chi connectivity index (χ0n) is 15.5. The van der Waals surface area contributed by atoms with Gasteiger partial charge in [0.2, 0.25) is 5.91 Å². The van der Waals surface area contributed by atoms with Gasteiger partial charge in [-0.05, 0) is 55.9 Å². The molecule has 2 aromatic rings. The summed E-state index contributed by atoms with van der Waals surface area (Å²) in [6.07, 6.45) is 8.58. The van der Waals surface area contributed by atoms with Gasteiger partial charge in [0, 0.05) is 37.0 Å². The first-order valence-corrected chi connectivity index (χ1v) is 11.0. The van der Waals surface area contributed by atoms with Crippen molar-refractivity contribution in [3.63, 3.8) is 0 Å². The van der Waals surface area contributed by atoms with Crippen LogP contribution < -0.4 is 11.3 Å². The Morgan fingerprint density at radius 3 is 2.96 bits per heavy atom. The van der Waals surface area contributed by atoms with E-state index >= 15 is 0 Å². The number of carbonyl (C=O) groups is 1. The van der Waals surface area contributed by atoms with Crippen molar-refractivity contribution in [1.82, 2.24) is 14.5 Å². The maximum absolute atomic E-state index is 13.0. The summed E-state index contributed by atoms with van der Waals surface area (Å²) in [5.74, 6) is 1.17. The molecule has 1 saturated heterocycles. The number of likely N-dealkylation sites (tertiary alicyclic amines) is 1. The Morgan fingerprint density at radius 2 is 2.11 bits per heavy atom. The van der Waals surface area contributed by atoms with Crippen LogP contribution >= 0.6 is 11.3 Å². The van der Waals surface area contributed by atoms with Crippen molar-refractivity contribution in [2.24, 2.45) is 17.6 Å². The minimum Gasteiger partial charge on any atom is -0.342 e. The van der Waals surface area contributed by atoms with Gasteiger partial charge in [0.1, 0.15) is 4.83 Å². The van der Waals surface area contributed by atoms with Gasteiger partial charge >= 0.3 is 0 Å². The number of thiophene rings is 1. The number of amides is 1. The SMILES string of the molecule is NC1CCC2CN(C(=O)CCn3cnc4sc5c(c4c3=O)CCCC5)CC12. The molecule has 1 saturated carbocycles. The Kier molecular flexibility index (Phi) is 4.31. The van der Waals surface area contributed by atoms with Crippen LogP contribution in [0.1, 0.15) is 42.5 Å². The maximum atomic E-state index is 13.0. The molecule has 1 amide bonds. The number of hydrogen-bond acceptors (Lipinski definition) is 5. The number of nitrogens with zero attached hydrogens (tertiary/aromatic N) is 3. The van der Waals surface area contributed by atoms with Gasteiger partial charge in [-0.2, -0.15) is 0 Å². The van der Waals surface area contributed by atoms with E-state index in [4.69, 9.17) is 5.73 Å². The Morgan fingerprint density at radius 1 is 1.26 bits per heavy atom. The third-order valence-corrected chi connectivity index (χ3v) is 7.97. The maximum Gasteiger partial charge on any atom is 0.262 e. The molecular weight excluding hydrogens is 360 g/mol. The number of aromatic nitrogens is 2. The molecule has 6 nitrogen and oxygen atoms in total. The third kappa shape index (κ3) is 2.91. The minimum absolute atomic E-state index is 0.0208. The fourth-order valence-corrected chi connectivity index (χ4v) is 6.45. The second kappa shape index (κ2) is 6.71. The molecule has 3 aliphatic rings. The van der Waals surface area contributed by atoms with Crippen LogP contribution in [0.4, 0.5) is 0 Å². The van der Waals surface area contributed by atoms with Crippen molar-refractivity contribution in [3.05, 3.63) is 27.1 Å². The van der Waals surface area contributed by atoms with Crippen molar-refractivity contribution < 1.29 is 4.79 Å². The summed E-state index contributed by atoms with van der Waals surface area (Å²) >= 11 is 1.67. The van der Waals surface area contributed by atoms with E-state index in [1.165, 1.54) is 16.9 Å². The molecule has 3 unspecified atom stereocenters. The van der Waals surface area contributed by atoms with Gasteiger partial charge in [0.15, 0.2) is 0 Å². The molecule has 2 aromatic heterocycles. The Hall–Kier alpha value is -1.73. The molecule has 27 heavy (non-hydrogen) atoms. The summed E-state index contributed by atoms with van der Waals surface area (Å²) in [5, 5.41) is 0.798. The molecule has 0 aromatic carbocycles. The predicted octanol–water partition coefficient (Wildman–Crippen LogP) is 1.92. The van der Waals surface area contributed by atoms with Crippen molar-refractivity contribution >= 4 is 27.5 Å². The van der Waals surface area contributed by atoms with E-state index in [2.05, 4.69) is 4.98 Å². The van der Waals surface area contributed by atoms with Crippen LogP contribution in [0.2, 0.25) is 0 Å². The molecule has 0 radical (unpaired) electrons. The normalized spacial score (nSPS) is 27.1. The summed E-state index contributed by atoms with van der Waals surface area (Å²) < 4.78 is 1.63. The van der Waals surface area contributed by atoms with E-state index in [0.717, 1.165) is 55.4 Å². The van der Waals surface area contributed by atoms with E-state index in [1.54, 1.807) is 22.2 Å². The van der Waals surface area contributed by atoms with E-state index in [1.807, 2.05) is 4.90 Å². The van der Waals surface area contributed by atoms with Crippen LogP contribution in [-0.4, -0.2) is 39.5 Å². The highest BCUT2D eigenvalue weighted by Crippen LogP contribution is 2.37. The summed E-state index contributed by atoms with van der Waals surface area (Å²) in [7, 11) is 0. The first-order chi connectivity index (χ1) is 13.1. The molecule has 1 aliphatic heterocycles. The molecule has 5 rings (SSSR count). The fraction of sp³-hybridized carbons (Fsp3) is 0.650. The molecule has 144 valence electrons. The zero-order valence-corrected chi connectivity index (χ0v) is 16.3. The van der Waals surface area contributed by atoms with Crippen LogP contribution in [-0.2, 0) is 24.2 Å². The topological polar surface area (TPSA) is 81.2 Å². The lowest BCUT2D eigenvalue weighted by atomic mass is 9.97. The molecule has 2 N–H and O–H groups in total. The smallest absolute Gasteiger partial charge is 0.262 e. The van der Waals surface area contributed by atoms with E-state index in [-0.39, 0.29) is 17.5 Å². The number of rotatable bonds is 3. The highest BCUT2D eigenvalue weighted by Gasteiger charge is 2.42. The summed E-state index contributed by atoms with van der Waals surface area (Å²) in [6, 6.07) is 0.242. The lowest BCUT2D eigenvalue weighted by molar-refractivity contribution is -0.130. The van der Waals surface area contributed by atoms with Crippen LogP contribution in [0.25, 0.3) is 10.2 Å². The molecule has 2 aliphatic carbocycles. The van der Waals surface area contributed by atoms with E-state index in [9.17, 15) is 9.59 Å². The number of aryl methyl sites for hydroxylation is 3. The average Bonchev–Trinajstić information content (AvgIpc) is 3.35. The average molecular weight is 387 g/mol. The van der Waals surface area contributed by atoms with Gasteiger partial charge in [-0.3, -0.25) is 14.2 Å². The van der Waals surface area contributed by atoms with Gasteiger partial charge in [-0.1, -0.05) is 0 Å². The van der Waals surface area contributed by atoms with Crippen molar-refractivity contribution in [1.29, 1.82) is 0 Å². The number of fused-ring (bicyclic) bond motifs is 4. The van der Waals surface area contributed by atoms with E-state index in [0.29, 0.717) is 24.8 Å². The van der Waals surface area contributed by atoms with Gasteiger partial charge < -0.3 is 10.6 Å². The summed E-state index contributed by atoms with van der Waals surface area (Å²) in [5.41, 5.74) is 7.40. The summed E-state index contributed by atoms with van der Waals surface area (Å²) in [6.45, 7) is 2.03. The molecule has 0 bridgehead atoms. The highest BCUT2D eigenvalue weighted by atomic mass is 32.1. The van der Waals surface area contributed by atoms with Crippen LogP contribution in [0.15, 0.2) is 11.1 Å². The first kappa shape index (κ1) is 17.4. The fourth-order valence-electron chi connectivity index (χ4n) is 5.23. The lowest BCUT2D eigenvalue weighted by Gasteiger charge is -2.19. The molecule has 7 heteroatoms. The Labute approximate surface area is 162 Å². The van der Waals surface area contributed by atoms with Crippen molar-refractivity contribution in [2.45, 2.75) is 57.5 Å². The quantitative estimate of drug-likeness (QED) is 0.874. The lowest BCUT2D eigenvalue weighted by Crippen LogP contribution is -2.34. The van der Waals surface area contributed by atoms with Crippen LogP contribution in [0, 0.1) is 11.8 Å². The van der Waals surface area contributed by atoms with Gasteiger partial charge in [0.25, 0.3) is 5.56 Å². The Balaban J connectivity index is 1.31. The standard InChI is InChI=1S/C20H26N4O2S/c21-15-6-5-12-9-24(10-14(12)15)17(25)7-8-23-11-22-19-18(20(23)26)13-3-1-2-4-16(13)27-19/h11-12,14-15H,1-10,21H2. The molecule has 3 heterocycles. The van der Waals surface area contributed by atoms with Crippen molar-refractivity contribution in [3.8, 4) is 0 Å². The first-order valence-electron chi connectivity index (χ1n) is 10.1. The molecule has 0 spiro atoms. The third-order valence-electron chi connectivity index (χ3n) is 6.77. The van der Waals surface area contributed by atoms with Gasteiger partial charge in [-0.15, -0.1) is 11.3 Å². The van der Waals surface area contributed by atoms with E-state index < -0.39 is 0 Å². The highest BCUT2D eigenvalue weighted by molar-refractivity contribution is 7.18. The van der Waals surface area contributed by atoms with Crippen LogP contribution in [0.5, 0.6) is 0 Å². The largest absolute Gasteiger partial charge is 0.342 e. The van der Waals surface area contributed by atoms with Crippen LogP contribution in [0.3, 0.4) is 0 Å². The van der Waals surface area contributed by atoms with Crippen molar-refractivity contribution in [2.75, 3.05) is 13.1 Å². The second-order valence-electron chi connectivity index (χ2n) is 8.35. The number of carbonyl (C=O) groups excluding carboxylic acids is 1. The number of hydrogen-bond donors (Lipinski definition) is 1. The summed E-state index contributed by atoms with van der Waals surface area (Å²) in [4.78, 5) is 34.3. The molecule has 2 fully saturated rings. The predicted molar refractivity (Wildman–Crippen MR) is 106 cm³/mol. The number of nitrogens with two attached hydrogens (primary N) is 1. The minimum atomic E-state index is 0.0208. The second-order valence-corrected chi connectivity index (χ2v) is 9.43.